The lowest BCUT2D eigenvalue weighted by molar-refractivity contribution is 0.866. The molecule has 0 aliphatic carbocycles. The van der Waals surface area contributed by atoms with Gasteiger partial charge in [0.15, 0.2) is 0 Å². The first kappa shape index (κ1) is 13.7. The first-order valence-corrected chi connectivity index (χ1v) is 7.11. The van der Waals surface area contributed by atoms with Crippen LogP contribution >= 0.6 is 0 Å². The van der Waals surface area contributed by atoms with Gasteiger partial charge in [0, 0.05) is 12.2 Å². The smallest absolute Gasteiger partial charge is 0.0403 e. The van der Waals surface area contributed by atoms with Crippen molar-refractivity contribution in [2.45, 2.75) is 39.7 Å². The van der Waals surface area contributed by atoms with Gasteiger partial charge in [0.25, 0.3) is 0 Å². The predicted molar refractivity (Wildman–Crippen MR) is 83.7 cm³/mol. The first-order valence-electron chi connectivity index (χ1n) is 7.11. The summed E-state index contributed by atoms with van der Waals surface area (Å²) in [5.41, 5.74) is 5.40. The highest BCUT2D eigenvalue weighted by atomic mass is 14.9. The lowest BCUT2D eigenvalue weighted by Gasteiger charge is -2.12. The molecule has 1 nitrogen and oxygen atoms in total. The summed E-state index contributed by atoms with van der Waals surface area (Å²) in [4.78, 5) is 0. The Morgan fingerprint density at radius 3 is 2.37 bits per heavy atom. The minimum absolute atomic E-state index is 0.574. The minimum Gasteiger partial charge on any atom is -0.381 e. The second-order valence-corrected chi connectivity index (χ2v) is 5.26. The molecule has 0 saturated carbocycles. The quantitative estimate of drug-likeness (QED) is 0.792. The summed E-state index contributed by atoms with van der Waals surface area (Å²) in [6, 6.07) is 17.3. The number of nitrogens with one attached hydrogen (secondary N) is 1. The molecule has 100 valence electrons. The van der Waals surface area contributed by atoms with Gasteiger partial charge < -0.3 is 5.32 Å². The minimum atomic E-state index is 0.574. The van der Waals surface area contributed by atoms with Crippen LogP contribution in [0.25, 0.3) is 0 Å². The summed E-state index contributed by atoms with van der Waals surface area (Å²) < 4.78 is 0. The van der Waals surface area contributed by atoms with Crippen molar-refractivity contribution in [2.75, 3.05) is 5.32 Å². The van der Waals surface area contributed by atoms with Crippen molar-refractivity contribution in [3.05, 3.63) is 65.2 Å². The molecule has 1 heteroatoms. The van der Waals surface area contributed by atoms with E-state index in [1.54, 1.807) is 0 Å². The van der Waals surface area contributed by atoms with Gasteiger partial charge in [-0.05, 0) is 41.2 Å². The Bertz CT molecular complexity index is 529. The molecule has 0 bridgehead atoms. The van der Waals surface area contributed by atoms with Crippen molar-refractivity contribution < 1.29 is 0 Å². The lowest BCUT2D eigenvalue weighted by Crippen LogP contribution is -2.03. The summed E-state index contributed by atoms with van der Waals surface area (Å²) >= 11 is 0. The monoisotopic (exact) mass is 253 g/mol. The molecular formula is C18H23N. The standard InChI is InChI=1S/C18H23N/c1-4-15-8-5-6-9-17(15)13-19-18-11-7-10-16(12-18)14(2)3/h5-12,14,19H,4,13H2,1-3H3. The normalized spacial score (nSPS) is 10.7. The number of benzene rings is 2. The van der Waals surface area contributed by atoms with Gasteiger partial charge >= 0.3 is 0 Å². The molecule has 0 saturated heterocycles. The topological polar surface area (TPSA) is 12.0 Å². The van der Waals surface area contributed by atoms with E-state index in [0.717, 1.165) is 13.0 Å². The average molecular weight is 253 g/mol. The van der Waals surface area contributed by atoms with Gasteiger partial charge in [-0.2, -0.15) is 0 Å². The molecule has 0 aromatic heterocycles. The molecule has 0 aliphatic heterocycles. The third-order valence-corrected chi connectivity index (χ3v) is 3.54. The Hall–Kier alpha value is -1.76. The number of hydrogen-bond donors (Lipinski definition) is 1. The second kappa shape index (κ2) is 6.42. The van der Waals surface area contributed by atoms with E-state index in [0.29, 0.717) is 5.92 Å². The van der Waals surface area contributed by atoms with Crippen LogP contribution in [0.15, 0.2) is 48.5 Å². The van der Waals surface area contributed by atoms with E-state index >= 15 is 0 Å². The zero-order valence-corrected chi connectivity index (χ0v) is 12.1. The van der Waals surface area contributed by atoms with Crippen LogP contribution in [0.5, 0.6) is 0 Å². The molecule has 1 N–H and O–H groups in total. The zero-order chi connectivity index (χ0) is 13.7. The highest BCUT2D eigenvalue weighted by Gasteiger charge is 2.02. The summed E-state index contributed by atoms with van der Waals surface area (Å²) in [5, 5.41) is 3.53. The molecule has 2 rings (SSSR count). The van der Waals surface area contributed by atoms with Gasteiger partial charge in [0.2, 0.25) is 0 Å². The number of anilines is 1. The van der Waals surface area contributed by atoms with E-state index < -0.39 is 0 Å². The number of hydrogen-bond acceptors (Lipinski definition) is 1. The Balaban J connectivity index is 2.08. The highest BCUT2D eigenvalue weighted by Crippen LogP contribution is 2.19. The molecule has 0 amide bonds. The van der Waals surface area contributed by atoms with Crippen molar-refractivity contribution in [1.82, 2.24) is 0 Å². The van der Waals surface area contributed by atoms with E-state index in [-0.39, 0.29) is 0 Å². The van der Waals surface area contributed by atoms with Crippen LogP contribution in [0.3, 0.4) is 0 Å². The van der Waals surface area contributed by atoms with Crippen LogP contribution in [0, 0.1) is 0 Å². The molecule has 0 radical (unpaired) electrons. The number of aryl methyl sites for hydroxylation is 1. The van der Waals surface area contributed by atoms with Crippen LogP contribution in [-0.2, 0) is 13.0 Å². The predicted octanol–water partition coefficient (Wildman–Crippen LogP) is 4.98. The van der Waals surface area contributed by atoms with Crippen molar-refractivity contribution in [1.29, 1.82) is 0 Å². The second-order valence-electron chi connectivity index (χ2n) is 5.26. The van der Waals surface area contributed by atoms with E-state index in [2.05, 4.69) is 74.6 Å². The fourth-order valence-corrected chi connectivity index (χ4v) is 2.28. The molecular weight excluding hydrogens is 230 g/mol. The van der Waals surface area contributed by atoms with Crippen molar-refractivity contribution in [3.8, 4) is 0 Å². The van der Waals surface area contributed by atoms with Gasteiger partial charge in [-0.25, -0.2) is 0 Å². The van der Waals surface area contributed by atoms with E-state index in [9.17, 15) is 0 Å². The summed E-state index contributed by atoms with van der Waals surface area (Å²) in [6.45, 7) is 7.56. The first-order chi connectivity index (χ1) is 9.20. The van der Waals surface area contributed by atoms with Crippen molar-refractivity contribution in [3.63, 3.8) is 0 Å². The molecule has 19 heavy (non-hydrogen) atoms. The van der Waals surface area contributed by atoms with Gasteiger partial charge in [0.05, 0.1) is 0 Å². The van der Waals surface area contributed by atoms with Crippen LogP contribution in [0.2, 0.25) is 0 Å². The van der Waals surface area contributed by atoms with Gasteiger partial charge in [-0.15, -0.1) is 0 Å². The summed E-state index contributed by atoms with van der Waals surface area (Å²) in [5.74, 6) is 0.574. The summed E-state index contributed by atoms with van der Waals surface area (Å²) in [7, 11) is 0. The van der Waals surface area contributed by atoms with Gasteiger partial charge in [-0.3, -0.25) is 0 Å². The summed E-state index contributed by atoms with van der Waals surface area (Å²) in [6.07, 6.45) is 1.09. The van der Waals surface area contributed by atoms with E-state index in [1.807, 2.05) is 0 Å². The van der Waals surface area contributed by atoms with Crippen LogP contribution in [-0.4, -0.2) is 0 Å². The fourth-order valence-electron chi connectivity index (χ4n) is 2.28. The highest BCUT2D eigenvalue weighted by molar-refractivity contribution is 5.47. The molecule has 0 spiro atoms. The van der Waals surface area contributed by atoms with Crippen LogP contribution in [0.1, 0.15) is 43.4 Å². The maximum atomic E-state index is 3.53. The maximum Gasteiger partial charge on any atom is 0.0403 e. The largest absolute Gasteiger partial charge is 0.381 e. The molecule has 2 aromatic carbocycles. The maximum absolute atomic E-state index is 3.53. The Labute approximate surface area is 116 Å². The third-order valence-electron chi connectivity index (χ3n) is 3.54. The SMILES string of the molecule is CCc1ccccc1CNc1cccc(C(C)C)c1. The molecule has 0 heterocycles. The fraction of sp³-hybridized carbons (Fsp3) is 0.333. The Morgan fingerprint density at radius 2 is 1.68 bits per heavy atom. The van der Waals surface area contributed by atoms with Crippen molar-refractivity contribution >= 4 is 5.69 Å². The van der Waals surface area contributed by atoms with Crippen LogP contribution in [0.4, 0.5) is 5.69 Å². The molecule has 0 unspecified atom stereocenters. The molecule has 0 atom stereocenters. The number of rotatable bonds is 5. The average Bonchev–Trinajstić information content (AvgIpc) is 2.45. The van der Waals surface area contributed by atoms with E-state index in [1.165, 1.54) is 22.4 Å². The Morgan fingerprint density at radius 1 is 0.947 bits per heavy atom. The Kier molecular flexibility index (Phi) is 4.62. The van der Waals surface area contributed by atoms with Crippen molar-refractivity contribution in [2.24, 2.45) is 0 Å². The van der Waals surface area contributed by atoms with Gasteiger partial charge in [0.1, 0.15) is 0 Å². The third kappa shape index (κ3) is 3.60. The lowest BCUT2D eigenvalue weighted by atomic mass is 10.0. The van der Waals surface area contributed by atoms with Gasteiger partial charge in [-0.1, -0.05) is 57.2 Å². The molecule has 0 aliphatic rings. The molecule has 2 aromatic rings. The molecule has 0 fully saturated rings. The van der Waals surface area contributed by atoms with E-state index in [4.69, 9.17) is 0 Å². The zero-order valence-electron chi connectivity index (χ0n) is 12.1. The van der Waals surface area contributed by atoms with Crippen LogP contribution < -0.4 is 5.32 Å².